The summed E-state index contributed by atoms with van der Waals surface area (Å²) >= 11 is 0. The molecule has 0 radical (unpaired) electrons. The first-order chi connectivity index (χ1) is 12.2. The molecular weight excluding hydrogens is 316 g/mol. The summed E-state index contributed by atoms with van der Waals surface area (Å²) in [5.41, 5.74) is 2.45. The normalized spacial score (nSPS) is 17.4. The van der Waals surface area contributed by atoms with Gasteiger partial charge in [0.1, 0.15) is 5.52 Å². The zero-order chi connectivity index (χ0) is 17.6. The number of nitrogens with zero attached hydrogens (tertiary/aromatic N) is 5. The molecule has 2 aromatic heterocycles. The third-order valence-corrected chi connectivity index (χ3v) is 4.87. The highest BCUT2D eigenvalue weighted by Gasteiger charge is 2.29. The number of rotatable bonds is 7. The zero-order valence-corrected chi connectivity index (χ0v) is 15.0. The zero-order valence-electron chi connectivity index (χ0n) is 15.0. The van der Waals surface area contributed by atoms with Gasteiger partial charge in [0.2, 0.25) is 5.91 Å². The fourth-order valence-electron chi connectivity index (χ4n) is 3.33. The van der Waals surface area contributed by atoms with Crippen molar-refractivity contribution in [3.8, 4) is 0 Å². The average Bonchev–Trinajstić information content (AvgIpc) is 3.15. The Morgan fingerprint density at radius 3 is 2.80 bits per heavy atom. The quantitative estimate of drug-likeness (QED) is 0.818. The van der Waals surface area contributed by atoms with Crippen molar-refractivity contribution in [3.05, 3.63) is 24.7 Å². The number of nitrogens with one attached hydrogen (secondary N) is 1. The van der Waals surface area contributed by atoms with E-state index >= 15 is 0 Å². The van der Waals surface area contributed by atoms with Gasteiger partial charge >= 0.3 is 0 Å². The Morgan fingerprint density at radius 2 is 2.00 bits per heavy atom. The summed E-state index contributed by atoms with van der Waals surface area (Å²) in [6, 6.07) is 1.96. The van der Waals surface area contributed by atoms with E-state index in [2.05, 4.69) is 43.9 Å². The molecule has 2 aromatic rings. The molecule has 0 saturated carbocycles. The van der Waals surface area contributed by atoms with Crippen LogP contribution >= 0.6 is 0 Å². The van der Waals surface area contributed by atoms with E-state index in [0.29, 0.717) is 18.7 Å². The van der Waals surface area contributed by atoms with Gasteiger partial charge in [0, 0.05) is 44.8 Å². The molecule has 1 N–H and O–H groups in total. The third-order valence-electron chi connectivity index (χ3n) is 4.87. The molecule has 0 bridgehead atoms. The standard InChI is InChI=1S/C18H26N6O/c1-3-23(4-2)12-10-22-18(25)14-6-11-24(13-14)15-5-7-20-17-16(15)19-8-9-21-17/h5,7-9,14H,3-4,6,10-13H2,1-2H3,(H,22,25). The average molecular weight is 342 g/mol. The summed E-state index contributed by atoms with van der Waals surface area (Å²) in [6.07, 6.45) is 5.95. The van der Waals surface area contributed by atoms with Crippen LogP contribution in [0.3, 0.4) is 0 Å². The number of hydrogen-bond acceptors (Lipinski definition) is 6. The minimum absolute atomic E-state index is 0.0246. The molecule has 1 atom stereocenters. The monoisotopic (exact) mass is 342 g/mol. The lowest BCUT2D eigenvalue weighted by Crippen LogP contribution is -2.38. The van der Waals surface area contributed by atoms with Gasteiger partial charge < -0.3 is 15.1 Å². The number of aromatic nitrogens is 3. The number of anilines is 1. The van der Waals surface area contributed by atoms with Gasteiger partial charge in [-0.15, -0.1) is 0 Å². The maximum absolute atomic E-state index is 12.4. The molecule has 1 saturated heterocycles. The van der Waals surface area contributed by atoms with Crippen molar-refractivity contribution >= 4 is 22.8 Å². The fraction of sp³-hybridized carbons (Fsp3) is 0.556. The Kier molecular flexibility index (Phi) is 5.75. The minimum Gasteiger partial charge on any atom is -0.369 e. The second kappa shape index (κ2) is 8.20. The van der Waals surface area contributed by atoms with Crippen molar-refractivity contribution in [2.24, 2.45) is 5.92 Å². The van der Waals surface area contributed by atoms with Gasteiger partial charge in [0.05, 0.1) is 11.6 Å². The number of pyridine rings is 1. The Hall–Kier alpha value is -2.28. The van der Waals surface area contributed by atoms with Crippen molar-refractivity contribution in [2.75, 3.05) is 44.2 Å². The molecule has 7 nitrogen and oxygen atoms in total. The predicted molar refractivity (Wildman–Crippen MR) is 98.5 cm³/mol. The molecule has 25 heavy (non-hydrogen) atoms. The van der Waals surface area contributed by atoms with E-state index in [1.54, 1.807) is 18.6 Å². The first-order valence-electron chi connectivity index (χ1n) is 9.03. The van der Waals surface area contributed by atoms with Gasteiger partial charge in [-0.1, -0.05) is 13.8 Å². The summed E-state index contributed by atoms with van der Waals surface area (Å²) in [4.78, 5) is 29.9. The number of likely N-dealkylation sites (N-methyl/N-ethyl adjacent to an activating group) is 1. The van der Waals surface area contributed by atoms with Crippen molar-refractivity contribution in [1.29, 1.82) is 0 Å². The van der Waals surface area contributed by atoms with Crippen LogP contribution in [0.15, 0.2) is 24.7 Å². The topological polar surface area (TPSA) is 74.2 Å². The molecular formula is C18H26N6O. The molecule has 1 unspecified atom stereocenters. The van der Waals surface area contributed by atoms with E-state index in [0.717, 1.165) is 43.8 Å². The van der Waals surface area contributed by atoms with E-state index in [9.17, 15) is 4.79 Å². The summed E-state index contributed by atoms with van der Waals surface area (Å²) in [7, 11) is 0. The first-order valence-corrected chi connectivity index (χ1v) is 9.03. The summed E-state index contributed by atoms with van der Waals surface area (Å²) < 4.78 is 0. The lowest BCUT2D eigenvalue weighted by atomic mass is 10.1. The highest BCUT2D eigenvalue weighted by Crippen LogP contribution is 2.28. The van der Waals surface area contributed by atoms with Gasteiger partial charge in [-0.25, -0.2) is 15.0 Å². The van der Waals surface area contributed by atoms with Crippen LogP contribution in [0.4, 0.5) is 5.69 Å². The summed E-state index contributed by atoms with van der Waals surface area (Å²) in [5.74, 6) is 0.177. The summed E-state index contributed by atoms with van der Waals surface area (Å²) in [6.45, 7) is 9.49. The van der Waals surface area contributed by atoms with Crippen molar-refractivity contribution in [2.45, 2.75) is 20.3 Å². The highest BCUT2D eigenvalue weighted by molar-refractivity contribution is 5.86. The van der Waals surface area contributed by atoms with E-state index in [1.165, 1.54) is 0 Å². The van der Waals surface area contributed by atoms with Crippen LogP contribution in [-0.2, 0) is 4.79 Å². The maximum Gasteiger partial charge on any atom is 0.225 e. The smallest absolute Gasteiger partial charge is 0.225 e. The summed E-state index contributed by atoms with van der Waals surface area (Å²) in [5, 5.41) is 3.09. The number of amides is 1. The van der Waals surface area contributed by atoms with Crippen molar-refractivity contribution in [1.82, 2.24) is 25.2 Å². The van der Waals surface area contributed by atoms with E-state index in [1.807, 2.05) is 6.07 Å². The lowest BCUT2D eigenvalue weighted by molar-refractivity contribution is -0.124. The number of carbonyl (C=O) groups is 1. The molecule has 1 fully saturated rings. The van der Waals surface area contributed by atoms with E-state index < -0.39 is 0 Å². The molecule has 0 spiro atoms. The van der Waals surface area contributed by atoms with Crippen LogP contribution in [-0.4, -0.2) is 65.0 Å². The highest BCUT2D eigenvalue weighted by atomic mass is 16.1. The molecule has 7 heteroatoms. The molecule has 1 amide bonds. The Labute approximate surface area is 148 Å². The molecule has 0 aliphatic carbocycles. The van der Waals surface area contributed by atoms with E-state index in [-0.39, 0.29) is 11.8 Å². The second-order valence-corrected chi connectivity index (χ2v) is 6.31. The molecule has 0 aromatic carbocycles. The molecule has 1 aliphatic heterocycles. The van der Waals surface area contributed by atoms with Gasteiger partial charge in [-0.05, 0) is 25.6 Å². The first kappa shape index (κ1) is 17.5. The van der Waals surface area contributed by atoms with Gasteiger partial charge in [0.15, 0.2) is 5.65 Å². The van der Waals surface area contributed by atoms with Gasteiger partial charge in [-0.3, -0.25) is 4.79 Å². The van der Waals surface area contributed by atoms with Crippen LogP contribution in [0, 0.1) is 5.92 Å². The molecule has 134 valence electrons. The minimum atomic E-state index is 0.0246. The lowest BCUT2D eigenvalue weighted by Gasteiger charge is -2.20. The van der Waals surface area contributed by atoms with Crippen LogP contribution in [0.5, 0.6) is 0 Å². The van der Waals surface area contributed by atoms with Crippen LogP contribution in [0.2, 0.25) is 0 Å². The molecule has 1 aliphatic rings. The Balaban J connectivity index is 1.58. The van der Waals surface area contributed by atoms with Crippen molar-refractivity contribution in [3.63, 3.8) is 0 Å². The van der Waals surface area contributed by atoms with Crippen molar-refractivity contribution < 1.29 is 4.79 Å². The second-order valence-electron chi connectivity index (χ2n) is 6.31. The number of carbonyl (C=O) groups excluding carboxylic acids is 1. The number of fused-ring (bicyclic) bond motifs is 1. The van der Waals surface area contributed by atoms with Crippen LogP contribution in [0.25, 0.3) is 11.2 Å². The molecule has 3 heterocycles. The van der Waals surface area contributed by atoms with Gasteiger partial charge in [-0.2, -0.15) is 0 Å². The predicted octanol–water partition coefficient (Wildman–Crippen LogP) is 1.31. The van der Waals surface area contributed by atoms with Gasteiger partial charge in [0.25, 0.3) is 0 Å². The Bertz CT molecular complexity index is 712. The Morgan fingerprint density at radius 1 is 1.24 bits per heavy atom. The third kappa shape index (κ3) is 4.04. The van der Waals surface area contributed by atoms with Crippen LogP contribution in [0.1, 0.15) is 20.3 Å². The maximum atomic E-state index is 12.4. The van der Waals surface area contributed by atoms with E-state index in [4.69, 9.17) is 0 Å². The SMILES string of the molecule is CCN(CC)CCNC(=O)C1CCN(c2ccnc3nccnc23)C1. The largest absolute Gasteiger partial charge is 0.369 e. The van der Waals surface area contributed by atoms with Crippen LogP contribution < -0.4 is 10.2 Å². The molecule has 3 rings (SSSR count). The fourth-order valence-corrected chi connectivity index (χ4v) is 3.33. The number of hydrogen-bond donors (Lipinski definition) is 1.